The van der Waals surface area contributed by atoms with Crippen LogP contribution in [0.5, 0.6) is 5.75 Å². The molecule has 1 aliphatic carbocycles. The van der Waals surface area contributed by atoms with E-state index in [0.29, 0.717) is 23.0 Å². The van der Waals surface area contributed by atoms with Crippen LogP contribution in [0.3, 0.4) is 0 Å². The Labute approximate surface area is 272 Å². The number of imide groups is 1. The van der Waals surface area contributed by atoms with Crippen molar-refractivity contribution in [3.63, 3.8) is 0 Å². The number of aromatic hydroxyl groups is 1. The van der Waals surface area contributed by atoms with Crippen LogP contribution in [0.4, 0.5) is 15.8 Å². The Balaban J connectivity index is 0.985. The van der Waals surface area contributed by atoms with Gasteiger partial charge in [0, 0.05) is 31.0 Å². The maximum Gasteiger partial charge on any atom is 0.329 e. The first kappa shape index (κ1) is 30.8. The predicted octanol–water partition coefficient (Wildman–Crippen LogP) is 4.12. The number of benzene rings is 3. The maximum absolute atomic E-state index is 15.3. The van der Waals surface area contributed by atoms with E-state index in [0.717, 1.165) is 48.9 Å². The number of piperidine rings is 1. The van der Waals surface area contributed by atoms with Gasteiger partial charge in [-0.2, -0.15) is 0 Å². The van der Waals surface area contributed by atoms with Gasteiger partial charge in [0.25, 0.3) is 5.91 Å². The number of halogens is 1. The van der Waals surface area contributed by atoms with Gasteiger partial charge in [0.2, 0.25) is 17.7 Å². The van der Waals surface area contributed by atoms with Gasteiger partial charge in [0.1, 0.15) is 24.0 Å². The average Bonchev–Trinajstić information content (AvgIpc) is 3.57. The number of hydrogen-bond acceptors (Lipinski definition) is 8. The van der Waals surface area contributed by atoms with Crippen LogP contribution >= 0.6 is 12.1 Å². The first-order valence-corrected chi connectivity index (χ1v) is 16.4. The summed E-state index contributed by atoms with van der Waals surface area (Å²) < 4.78 is 22.2. The number of fused-ring (bicyclic) bond motifs is 2. The molecule has 1 unspecified atom stereocenters. The Kier molecular flexibility index (Phi) is 7.90. The number of aromatic nitrogens is 2. The van der Waals surface area contributed by atoms with E-state index in [1.54, 1.807) is 29.8 Å². The van der Waals surface area contributed by atoms with Crippen LogP contribution in [-0.2, 0) is 26.2 Å². The molecule has 1 saturated carbocycles. The molecule has 2 aliphatic heterocycles. The van der Waals surface area contributed by atoms with Gasteiger partial charge in [-0.25, -0.2) is 9.18 Å². The normalized spacial score (nSPS) is 21.7. The van der Waals surface area contributed by atoms with Crippen molar-refractivity contribution in [2.24, 2.45) is 13.0 Å². The number of imidazole rings is 1. The smallest absolute Gasteiger partial charge is 0.329 e. The molecule has 12 nitrogen and oxygen atoms in total. The Morgan fingerprint density at radius 1 is 1.00 bits per heavy atom. The summed E-state index contributed by atoms with van der Waals surface area (Å²) in [7, 11) is 1.69. The molecule has 4 amide bonds. The lowest BCUT2D eigenvalue weighted by Crippen LogP contribution is -2.44. The molecule has 0 radical (unpaired) electrons. The fourth-order valence-corrected chi connectivity index (χ4v) is 7.84. The van der Waals surface area contributed by atoms with Crippen LogP contribution in [0.25, 0.3) is 21.8 Å². The third-order valence-corrected chi connectivity index (χ3v) is 10.4. The first-order valence-electron chi connectivity index (χ1n) is 15.6. The van der Waals surface area contributed by atoms with Crippen LogP contribution in [-0.4, -0.2) is 44.4 Å². The highest BCUT2D eigenvalue weighted by molar-refractivity contribution is 7.99. The fraction of sp³-hybridized carbons (Fsp3) is 0.364. The number of nitrogens with zero attached hydrogens (tertiary/aromatic N) is 3. The molecule has 4 aromatic rings. The quantitative estimate of drug-likeness (QED) is 0.178. The fourth-order valence-electron chi connectivity index (χ4n) is 7.12. The van der Waals surface area contributed by atoms with E-state index in [4.69, 9.17) is 0 Å². The molecule has 3 heterocycles. The number of anilines is 2. The van der Waals surface area contributed by atoms with Crippen molar-refractivity contribution < 1.29 is 28.7 Å². The first-order chi connectivity index (χ1) is 22.6. The van der Waals surface area contributed by atoms with E-state index in [1.807, 2.05) is 18.2 Å². The van der Waals surface area contributed by atoms with Gasteiger partial charge in [-0.15, -0.1) is 0 Å². The van der Waals surface area contributed by atoms with Crippen molar-refractivity contribution in [2.75, 3.05) is 16.2 Å². The van der Waals surface area contributed by atoms with Crippen LogP contribution in [0.1, 0.15) is 62.5 Å². The summed E-state index contributed by atoms with van der Waals surface area (Å²) in [6.45, 7) is -0.0758. The third kappa shape index (κ3) is 5.70. The summed E-state index contributed by atoms with van der Waals surface area (Å²) in [6, 6.07) is 11.4. The standard InChI is InChI=1S/C33H33FN6O6S/c1-38-25-14-19(6-9-23(25)40(33(38)46)24-10-11-27(42)36-32(24)45)18-4-2-17(3-5-18)12-28(43)35-21-7-8-22-20(13-21)15-26(41)31(30(22)34)39-16-29(44)37-47-39/h6-9,13-15,17-18,24,41H,2-5,10-12,16H2,1H3,(H,35,43)(H,37,44)(H,36,42,45)/t17-,18-,24?. The largest absolute Gasteiger partial charge is 0.506 e. The molecular formula is C33H33FN6O6S. The van der Waals surface area contributed by atoms with Gasteiger partial charge in [-0.1, -0.05) is 6.07 Å². The zero-order valence-corrected chi connectivity index (χ0v) is 26.4. The highest BCUT2D eigenvalue weighted by Gasteiger charge is 2.32. The molecule has 0 spiro atoms. The topological polar surface area (TPSA) is 155 Å². The minimum atomic E-state index is -0.725. The average molecular weight is 661 g/mol. The monoisotopic (exact) mass is 660 g/mol. The van der Waals surface area contributed by atoms with Crippen LogP contribution in [0, 0.1) is 11.7 Å². The predicted molar refractivity (Wildman–Crippen MR) is 175 cm³/mol. The summed E-state index contributed by atoms with van der Waals surface area (Å²) >= 11 is 0.917. The number of aryl methyl sites for hydroxylation is 1. The van der Waals surface area contributed by atoms with Crippen molar-refractivity contribution in [3.8, 4) is 5.75 Å². The van der Waals surface area contributed by atoms with Crippen LogP contribution in [0.2, 0.25) is 0 Å². The molecule has 0 bridgehead atoms. The number of carbonyl (C=O) groups excluding carboxylic acids is 4. The highest BCUT2D eigenvalue weighted by atomic mass is 32.2. The van der Waals surface area contributed by atoms with Gasteiger partial charge in [0.05, 0.1) is 23.2 Å². The minimum Gasteiger partial charge on any atom is -0.506 e. The molecule has 1 aromatic heterocycles. The number of amides is 4. The number of phenols is 1. The number of hydrogen-bond donors (Lipinski definition) is 4. The molecule has 7 rings (SSSR count). The number of rotatable bonds is 6. The number of nitrogens with one attached hydrogen (secondary N) is 3. The third-order valence-electron chi connectivity index (χ3n) is 9.55. The Hall–Kier alpha value is -4.85. The summed E-state index contributed by atoms with van der Waals surface area (Å²) in [5, 5.41) is 16.5. The molecule has 244 valence electrons. The lowest BCUT2D eigenvalue weighted by atomic mass is 9.77. The second kappa shape index (κ2) is 12.1. The zero-order valence-electron chi connectivity index (χ0n) is 25.5. The summed E-state index contributed by atoms with van der Waals surface area (Å²) in [5.41, 5.74) is 2.64. The van der Waals surface area contributed by atoms with E-state index in [-0.39, 0.29) is 71.5 Å². The van der Waals surface area contributed by atoms with Gasteiger partial charge in [-0.3, -0.25) is 42.7 Å². The summed E-state index contributed by atoms with van der Waals surface area (Å²) in [5.74, 6) is -1.68. The van der Waals surface area contributed by atoms with Gasteiger partial charge < -0.3 is 10.4 Å². The minimum absolute atomic E-state index is 0.0668. The second-order valence-corrected chi connectivity index (χ2v) is 13.4. The van der Waals surface area contributed by atoms with Crippen LogP contribution in [0.15, 0.2) is 47.3 Å². The van der Waals surface area contributed by atoms with Crippen LogP contribution < -0.4 is 25.4 Å². The summed E-state index contributed by atoms with van der Waals surface area (Å²) in [4.78, 5) is 61.8. The molecule has 14 heteroatoms. The Morgan fingerprint density at radius 2 is 1.79 bits per heavy atom. The van der Waals surface area contributed by atoms with E-state index in [9.17, 15) is 29.1 Å². The Morgan fingerprint density at radius 3 is 2.51 bits per heavy atom. The molecule has 3 aliphatic rings. The zero-order chi connectivity index (χ0) is 33.0. The van der Waals surface area contributed by atoms with Crippen molar-refractivity contribution in [2.45, 2.75) is 56.9 Å². The summed E-state index contributed by atoms with van der Waals surface area (Å²) in [6.07, 6.45) is 4.31. The number of carbonyl (C=O) groups is 4. The van der Waals surface area contributed by atoms with E-state index in [1.165, 1.54) is 14.9 Å². The highest BCUT2D eigenvalue weighted by Crippen LogP contribution is 2.41. The molecule has 2 saturated heterocycles. The Bertz CT molecular complexity index is 2030. The molecule has 4 N–H and O–H groups in total. The van der Waals surface area contributed by atoms with Crippen molar-refractivity contribution in [1.82, 2.24) is 19.2 Å². The van der Waals surface area contributed by atoms with E-state index < -0.39 is 17.8 Å². The molecular weight excluding hydrogens is 627 g/mol. The van der Waals surface area contributed by atoms with Gasteiger partial charge in [0.15, 0.2) is 5.82 Å². The molecule has 47 heavy (non-hydrogen) atoms. The van der Waals surface area contributed by atoms with Crippen molar-refractivity contribution in [3.05, 3.63) is 64.3 Å². The molecule has 3 fully saturated rings. The lowest BCUT2D eigenvalue weighted by Gasteiger charge is -2.28. The maximum atomic E-state index is 15.3. The van der Waals surface area contributed by atoms with Gasteiger partial charge in [-0.05, 0) is 91.3 Å². The molecule has 3 aromatic carbocycles. The van der Waals surface area contributed by atoms with E-state index in [2.05, 4.69) is 15.4 Å². The van der Waals surface area contributed by atoms with Crippen molar-refractivity contribution in [1.29, 1.82) is 0 Å². The lowest BCUT2D eigenvalue weighted by molar-refractivity contribution is -0.135. The molecule has 1 atom stereocenters. The van der Waals surface area contributed by atoms with Crippen molar-refractivity contribution >= 4 is 68.9 Å². The second-order valence-electron chi connectivity index (χ2n) is 12.5. The van der Waals surface area contributed by atoms with Gasteiger partial charge >= 0.3 is 5.69 Å². The van der Waals surface area contributed by atoms with E-state index >= 15 is 4.39 Å². The SMILES string of the molecule is Cn1c(=O)n(C2CCC(=O)NC2=O)c2ccc([C@H]3CC[C@H](CC(=O)Nc4ccc5c(F)c(N6CC(=O)NS6)c(O)cc5c4)CC3)cc21. The number of phenolic OH excluding ortho intramolecular Hbond substituents is 1.